The number of anilines is 6. The van der Waals surface area contributed by atoms with E-state index in [-0.39, 0.29) is 5.41 Å². The van der Waals surface area contributed by atoms with Gasteiger partial charge in [-0.2, -0.15) is 0 Å². The summed E-state index contributed by atoms with van der Waals surface area (Å²) in [5.74, 6) is 0.869. The third-order valence-corrected chi connectivity index (χ3v) is 12.3. The smallest absolute Gasteiger partial charge is 0.137 e. The van der Waals surface area contributed by atoms with Crippen molar-refractivity contribution in [2.45, 2.75) is 19.3 Å². The molecule has 11 rings (SSSR count). The quantitative estimate of drug-likeness (QED) is 0.161. The van der Waals surface area contributed by atoms with Crippen molar-refractivity contribution < 1.29 is 0 Å². The second-order valence-electron chi connectivity index (χ2n) is 16.1. The predicted molar refractivity (Wildman–Crippen MR) is 249 cm³/mol. The number of nitrogens with zero attached hydrogens (tertiary/aromatic N) is 3. The van der Waals surface area contributed by atoms with Gasteiger partial charge in [-0.25, -0.2) is 4.98 Å². The van der Waals surface area contributed by atoms with Crippen molar-refractivity contribution in [3.8, 4) is 22.3 Å². The van der Waals surface area contributed by atoms with Crippen LogP contribution in [0.25, 0.3) is 54.6 Å². The molecule has 3 heteroatoms. The second kappa shape index (κ2) is 13.9. The van der Waals surface area contributed by atoms with E-state index in [1.54, 1.807) is 0 Å². The Hall–Kier alpha value is -7.49. The standard InChI is InChI=1S/C56H41N3/c1-56(2)51-22-10-9-21-49(51)50-33-32-46(36-52(50)56)59(54-24-12-18-41-15-6-8-20-48(41)54)55-34-28-43(37-57-55)39-25-29-44(30-26-39)58(45-31-27-38-13-3-4-16-42(38)35-45)53-23-11-17-40-14-5-7-19-47(40)53/h3-37H,1-2H3. The molecule has 0 saturated heterocycles. The maximum atomic E-state index is 5.22. The Morgan fingerprint density at radius 1 is 0.373 bits per heavy atom. The summed E-state index contributed by atoms with van der Waals surface area (Å²) in [5.41, 5.74) is 12.9. The van der Waals surface area contributed by atoms with Gasteiger partial charge < -0.3 is 4.90 Å². The Balaban J connectivity index is 0.986. The number of aromatic nitrogens is 1. The zero-order valence-electron chi connectivity index (χ0n) is 33.0. The van der Waals surface area contributed by atoms with E-state index < -0.39 is 0 Å². The first-order chi connectivity index (χ1) is 29.0. The summed E-state index contributed by atoms with van der Waals surface area (Å²) in [6.07, 6.45) is 2.02. The predicted octanol–water partition coefficient (Wildman–Crippen LogP) is 15.5. The second-order valence-corrected chi connectivity index (χ2v) is 16.1. The van der Waals surface area contributed by atoms with Crippen LogP contribution in [0.2, 0.25) is 0 Å². The molecule has 0 unspecified atom stereocenters. The van der Waals surface area contributed by atoms with Gasteiger partial charge in [0.15, 0.2) is 0 Å². The Bertz CT molecular complexity index is 3190. The molecule has 280 valence electrons. The fourth-order valence-corrected chi connectivity index (χ4v) is 9.27. The van der Waals surface area contributed by atoms with E-state index in [0.29, 0.717) is 0 Å². The van der Waals surface area contributed by atoms with E-state index in [4.69, 9.17) is 4.98 Å². The van der Waals surface area contributed by atoms with Crippen molar-refractivity contribution in [2.75, 3.05) is 9.80 Å². The summed E-state index contributed by atoms with van der Waals surface area (Å²) in [6, 6.07) is 74.6. The first-order valence-corrected chi connectivity index (χ1v) is 20.4. The summed E-state index contributed by atoms with van der Waals surface area (Å²) in [4.78, 5) is 9.91. The lowest BCUT2D eigenvalue weighted by Crippen LogP contribution is -2.17. The van der Waals surface area contributed by atoms with Gasteiger partial charge in [-0.1, -0.05) is 159 Å². The minimum Gasteiger partial charge on any atom is -0.310 e. The van der Waals surface area contributed by atoms with E-state index >= 15 is 0 Å². The van der Waals surface area contributed by atoms with Crippen molar-refractivity contribution in [3.63, 3.8) is 0 Å². The van der Waals surface area contributed by atoms with Gasteiger partial charge in [0.05, 0.1) is 11.4 Å². The van der Waals surface area contributed by atoms with Gasteiger partial charge in [0, 0.05) is 45.0 Å². The zero-order valence-corrected chi connectivity index (χ0v) is 33.0. The van der Waals surface area contributed by atoms with Crippen LogP contribution in [0.5, 0.6) is 0 Å². The van der Waals surface area contributed by atoms with Gasteiger partial charge in [0.1, 0.15) is 5.82 Å². The molecule has 0 fully saturated rings. The molecule has 0 bridgehead atoms. The molecule has 1 aliphatic carbocycles. The number of hydrogen-bond acceptors (Lipinski definition) is 3. The molecule has 1 aromatic heterocycles. The van der Waals surface area contributed by atoms with E-state index in [2.05, 4.69) is 230 Å². The first kappa shape index (κ1) is 34.7. The average molecular weight is 756 g/mol. The maximum Gasteiger partial charge on any atom is 0.137 e. The molecule has 0 N–H and O–H groups in total. The average Bonchev–Trinajstić information content (AvgIpc) is 3.52. The molecule has 0 radical (unpaired) electrons. The summed E-state index contributed by atoms with van der Waals surface area (Å²) in [7, 11) is 0. The van der Waals surface area contributed by atoms with Gasteiger partial charge in [-0.15, -0.1) is 0 Å². The minimum absolute atomic E-state index is 0.118. The van der Waals surface area contributed by atoms with E-state index in [1.165, 1.54) is 54.6 Å². The fraction of sp³-hybridized carbons (Fsp3) is 0.0536. The van der Waals surface area contributed by atoms with Crippen LogP contribution < -0.4 is 9.80 Å². The molecule has 0 aliphatic heterocycles. The van der Waals surface area contributed by atoms with Crippen LogP contribution in [0.3, 0.4) is 0 Å². The summed E-state index contributed by atoms with van der Waals surface area (Å²) in [6.45, 7) is 4.68. The largest absolute Gasteiger partial charge is 0.310 e. The lowest BCUT2D eigenvalue weighted by molar-refractivity contribution is 0.660. The number of hydrogen-bond donors (Lipinski definition) is 0. The lowest BCUT2D eigenvalue weighted by Gasteiger charge is -2.28. The first-order valence-electron chi connectivity index (χ1n) is 20.4. The number of fused-ring (bicyclic) bond motifs is 6. The van der Waals surface area contributed by atoms with Crippen LogP contribution in [-0.4, -0.2) is 4.98 Å². The van der Waals surface area contributed by atoms with Crippen LogP contribution in [0.4, 0.5) is 34.3 Å². The van der Waals surface area contributed by atoms with E-state index in [9.17, 15) is 0 Å². The van der Waals surface area contributed by atoms with Gasteiger partial charge >= 0.3 is 0 Å². The Morgan fingerprint density at radius 2 is 0.915 bits per heavy atom. The highest BCUT2D eigenvalue weighted by Gasteiger charge is 2.36. The molecule has 0 saturated carbocycles. The van der Waals surface area contributed by atoms with Crippen LogP contribution in [0.15, 0.2) is 212 Å². The molecule has 10 aromatic rings. The number of benzene rings is 9. The zero-order chi connectivity index (χ0) is 39.5. The summed E-state index contributed by atoms with van der Waals surface area (Å²) >= 11 is 0. The Kier molecular flexibility index (Phi) is 8.16. The van der Waals surface area contributed by atoms with Crippen LogP contribution >= 0.6 is 0 Å². The van der Waals surface area contributed by atoms with Crippen molar-refractivity contribution in [3.05, 3.63) is 224 Å². The highest BCUT2D eigenvalue weighted by Crippen LogP contribution is 2.51. The Morgan fingerprint density at radius 3 is 1.63 bits per heavy atom. The molecular weight excluding hydrogens is 715 g/mol. The molecule has 0 atom stereocenters. The van der Waals surface area contributed by atoms with Crippen molar-refractivity contribution in [1.82, 2.24) is 4.98 Å². The maximum absolute atomic E-state index is 5.22. The SMILES string of the molecule is CC1(C)c2ccccc2-c2ccc(N(c3ccc(-c4ccc(N(c5ccc6ccccc6c5)c5cccc6ccccc56)cc4)cn3)c3cccc4ccccc34)cc21. The number of pyridine rings is 1. The van der Waals surface area contributed by atoms with E-state index in [0.717, 1.165) is 45.4 Å². The summed E-state index contributed by atoms with van der Waals surface area (Å²) < 4.78 is 0. The lowest BCUT2D eigenvalue weighted by atomic mass is 9.82. The summed E-state index contributed by atoms with van der Waals surface area (Å²) in [5, 5.41) is 7.24. The normalized spacial score (nSPS) is 12.7. The van der Waals surface area contributed by atoms with Crippen molar-refractivity contribution >= 4 is 66.6 Å². The van der Waals surface area contributed by atoms with Crippen LogP contribution in [0.1, 0.15) is 25.0 Å². The van der Waals surface area contributed by atoms with Crippen molar-refractivity contribution in [2.24, 2.45) is 0 Å². The topological polar surface area (TPSA) is 19.4 Å². The number of rotatable bonds is 7. The third kappa shape index (κ3) is 5.85. The Labute approximate surface area is 345 Å². The van der Waals surface area contributed by atoms with Gasteiger partial charge in [-0.05, 0) is 110 Å². The highest BCUT2D eigenvalue weighted by molar-refractivity contribution is 6.01. The molecule has 1 heterocycles. The van der Waals surface area contributed by atoms with Gasteiger partial charge in [0.2, 0.25) is 0 Å². The molecule has 0 spiro atoms. The van der Waals surface area contributed by atoms with Gasteiger partial charge in [0.25, 0.3) is 0 Å². The molecule has 3 nitrogen and oxygen atoms in total. The van der Waals surface area contributed by atoms with Crippen LogP contribution in [-0.2, 0) is 5.41 Å². The molecule has 9 aromatic carbocycles. The molecular formula is C56H41N3. The van der Waals surface area contributed by atoms with Crippen molar-refractivity contribution in [1.29, 1.82) is 0 Å². The molecule has 1 aliphatic rings. The highest BCUT2D eigenvalue weighted by atomic mass is 15.2. The monoisotopic (exact) mass is 755 g/mol. The molecule has 59 heavy (non-hydrogen) atoms. The minimum atomic E-state index is -0.118. The van der Waals surface area contributed by atoms with Gasteiger partial charge in [-0.3, -0.25) is 4.90 Å². The van der Waals surface area contributed by atoms with Crippen LogP contribution in [0, 0.1) is 0 Å². The van der Waals surface area contributed by atoms with E-state index in [1.807, 2.05) is 6.20 Å². The third-order valence-electron chi connectivity index (χ3n) is 12.3. The molecule has 0 amide bonds. The fourth-order valence-electron chi connectivity index (χ4n) is 9.27.